The van der Waals surface area contributed by atoms with E-state index in [1.54, 1.807) is 49.7 Å². The zero-order valence-electron chi connectivity index (χ0n) is 14.1. The SMILES string of the molecule is COc1ccc(OCc2cn(CC(=O)Nc3ccccc3Cl)nn2)cc1. The molecule has 0 saturated heterocycles. The number of hydrogen-bond acceptors (Lipinski definition) is 5. The van der Waals surface area contributed by atoms with Gasteiger partial charge in [-0.1, -0.05) is 28.9 Å². The Morgan fingerprint density at radius 1 is 1.15 bits per heavy atom. The highest BCUT2D eigenvalue weighted by Gasteiger charge is 2.09. The van der Waals surface area contributed by atoms with Crippen molar-refractivity contribution in [2.75, 3.05) is 12.4 Å². The van der Waals surface area contributed by atoms with Crippen molar-refractivity contribution in [1.82, 2.24) is 15.0 Å². The number of nitrogens with one attached hydrogen (secondary N) is 1. The van der Waals surface area contributed by atoms with Crippen LogP contribution in [0.25, 0.3) is 0 Å². The Balaban J connectivity index is 1.52. The number of rotatable bonds is 7. The first-order valence-electron chi connectivity index (χ1n) is 7.84. The Kier molecular flexibility index (Phi) is 5.70. The molecule has 26 heavy (non-hydrogen) atoms. The summed E-state index contributed by atoms with van der Waals surface area (Å²) in [5, 5.41) is 11.1. The molecule has 0 fully saturated rings. The predicted octanol–water partition coefficient (Wildman–Crippen LogP) is 3.16. The first-order chi connectivity index (χ1) is 12.6. The third-order valence-electron chi connectivity index (χ3n) is 3.49. The number of hydrogen-bond donors (Lipinski definition) is 1. The second-order valence-corrected chi connectivity index (χ2v) is 5.81. The number of para-hydroxylation sites is 1. The van der Waals surface area contributed by atoms with Gasteiger partial charge in [0.05, 0.1) is 24.0 Å². The highest BCUT2D eigenvalue weighted by Crippen LogP contribution is 2.20. The molecule has 0 spiro atoms. The van der Waals surface area contributed by atoms with Crippen molar-refractivity contribution in [3.63, 3.8) is 0 Å². The number of benzene rings is 2. The second-order valence-electron chi connectivity index (χ2n) is 5.40. The maximum atomic E-state index is 12.1. The number of methoxy groups -OCH3 is 1. The molecule has 7 nitrogen and oxygen atoms in total. The van der Waals surface area contributed by atoms with E-state index in [4.69, 9.17) is 21.1 Å². The van der Waals surface area contributed by atoms with E-state index in [1.807, 2.05) is 12.1 Å². The van der Waals surface area contributed by atoms with Gasteiger partial charge in [0.2, 0.25) is 5.91 Å². The van der Waals surface area contributed by atoms with Crippen LogP contribution < -0.4 is 14.8 Å². The number of halogens is 1. The van der Waals surface area contributed by atoms with Crippen LogP contribution in [0.15, 0.2) is 54.7 Å². The minimum Gasteiger partial charge on any atom is -0.497 e. The molecule has 0 aliphatic heterocycles. The minimum atomic E-state index is -0.245. The number of carbonyl (C=O) groups excluding carboxylic acids is 1. The Labute approximate surface area is 155 Å². The maximum absolute atomic E-state index is 12.1. The summed E-state index contributed by atoms with van der Waals surface area (Å²) in [5.41, 5.74) is 1.17. The lowest BCUT2D eigenvalue weighted by Crippen LogP contribution is -2.19. The van der Waals surface area contributed by atoms with Crippen LogP contribution in [0.1, 0.15) is 5.69 Å². The largest absolute Gasteiger partial charge is 0.497 e. The van der Waals surface area contributed by atoms with E-state index < -0.39 is 0 Å². The van der Waals surface area contributed by atoms with E-state index in [0.717, 1.165) is 5.75 Å². The van der Waals surface area contributed by atoms with Crippen LogP contribution in [0.4, 0.5) is 5.69 Å². The molecule has 134 valence electrons. The summed E-state index contributed by atoms with van der Waals surface area (Å²) < 4.78 is 12.2. The van der Waals surface area contributed by atoms with Crippen molar-refractivity contribution in [3.05, 3.63) is 65.4 Å². The van der Waals surface area contributed by atoms with Crippen LogP contribution in [-0.4, -0.2) is 28.0 Å². The van der Waals surface area contributed by atoms with Crippen molar-refractivity contribution in [2.45, 2.75) is 13.2 Å². The monoisotopic (exact) mass is 372 g/mol. The Bertz CT molecular complexity index is 880. The van der Waals surface area contributed by atoms with Crippen LogP contribution in [0.3, 0.4) is 0 Å². The Morgan fingerprint density at radius 3 is 2.62 bits per heavy atom. The van der Waals surface area contributed by atoms with Crippen LogP contribution >= 0.6 is 11.6 Å². The van der Waals surface area contributed by atoms with Gasteiger partial charge in [-0.25, -0.2) is 4.68 Å². The number of anilines is 1. The van der Waals surface area contributed by atoms with Gasteiger partial charge in [0.25, 0.3) is 0 Å². The summed E-state index contributed by atoms with van der Waals surface area (Å²) in [7, 11) is 1.61. The van der Waals surface area contributed by atoms with Crippen LogP contribution in [0.5, 0.6) is 11.5 Å². The molecule has 0 aliphatic rings. The van der Waals surface area contributed by atoms with Crippen molar-refractivity contribution in [1.29, 1.82) is 0 Å². The van der Waals surface area contributed by atoms with Gasteiger partial charge in [-0.3, -0.25) is 4.79 Å². The molecule has 0 saturated carbocycles. The van der Waals surface area contributed by atoms with Crippen LogP contribution in [0.2, 0.25) is 5.02 Å². The van der Waals surface area contributed by atoms with Gasteiger partial charge in [0, 0.05) is 0 Å². The molecule has 3 rings (SSSR count). The third kappa shape index (κ3) is 4.73. The number of amides is 1. The van der Waals surface area contributed by atoms with Gasteiger partial charge in [-0.05, 0) is 36.4 Å². The van der Waals surface area contributed by atoms with Gasteiger partial charge in [-0.2, -0.15) is 0 Å². The zero-order chi connectivity index (χ0) is 18.4. The van der Waals surface area contributed by atoms with Crippen LogP contribution in [0, 0.1) is 0 Å². The van der Waals surface area contributed by atoms with Gasteiger partial charge < -0.3 is 14.8 Å². The summed E-state index contributed by atoms with van der Waals surface area (Å²) in [6.07, 6.45) is 1.66. The molecule has 0 atom stereocenters. The minimum absolute atomic E-state index is 0.0285. The fourth-order valence-corrected chi connectivity index (χ4v) is 2.39. The van der Waals surface area contributed by atoms with Gasteiger partial charge in [0.1, 0.15) is 30.3 Å². The summed E-state index contributed by atoms with van der Waals surface area (Å²) in [6.45, 7) is 0.277. The molecular weight excluding hydrogens is 356 g/mol. The maximum Gasteiger partial charge on any atom is 0.246 e. The fourth-order valence-electron chi connectivity index (χ4n) is 2.21. The molecule has 0 aliphatic carbocycles. The molecule has 0 bridgehead atoms. The van der Waals surface area contributed by atoms with E-state index in [-0.39, 0.29) is 19.1 Å². The van der Waals surface area contributed by atoms with Crippen LogP contribution in [-0.2, 0) is 17.9 Å². The molecule has 1 aromatic heterocycles. The van der Waals surface area contributed by atoms with E-state index in [1.165, 1.54) is 4.68 Å². The van der Waals surface area contributed by atoms with Crippen molar-refractivity contribution in [2.24, 2.45) is 0 Å². The standard InChI is InChI=1S/C18H17ClN4O3/c1-25-14-6-8-15(9-7-14)26-12-13-10-23(22-21-13)11-18(24)20-17-5-3-2-4-16(17)19/h2-10H,11-12H2,1H3,(H,20,24). The second kappa shape index (κ2) is 8.35. The number of nitrogens with zero attached hydrogens (tertiary/aromatic N) is 3. The van der Waals surface area contributed by atoms with E-state index >= 15 is 0 Å². The quantitative estimate of drug-likeness (QED) is 0.689. The smallest absolute Gasteiger partial charge is 0.246 e. The summed E-state index contributed by atoms with van der Waals surface area (Å²) >= 11 is 6.02. The molecule has 0 radical (unpaired) electrons. The summed E-state index contributed by atoms with van der Waals surface area (Å²) in [4.78, 5) is 12.1. The van der Waals surface area contributed by atoms with E-state index in [2.05, 4.69) is 15.6 Å². The van der Waals surface area contributed by atoms with Gasteiger partial charge >= 0.3 is 0 Å². The molecule has 3 aromatic rings. The summed E-state index contributed by atoms with van der Waals surface area (Å²) in [6, 6.07) is 14.3. The van der Waals surface area contributed by atoms with Crippen molar-refractivity contribution < 1.29 is 14.3 Å². The van der Waals surface area contributed by atoms with Gasteiger partial charge in [0.15, 0.2) is 0 Å². The predicted molar refractivity (Wildman–Crippen MR) is 97.4 cm³/mol. The topological polar surface area (TPSA) is 78.3 Å². The molecular formula is C18H17ClN4O3. The fraction of sp³-hybridized carbons (Fsp3) is 0.167. The Hall–Kier alpha value is -3.06. The van der Waals surface area contributed by atoms with E-state index in [9.17, 15) is 4.79 Å². The lowest BCUT2D eigenvalue weighted by Gasteiger charge is -2.06. The molecule has 2 aromatic carbocycles. The number of aromatic nitrogens is 3. The first kappa shape index (κ1) is 17.8. The zero-order valence-corrected chi connectivity index (χ0v) is 14.8. The number of ether oxygens (including phenoxy) is 2. The highest BCUT2D eigenvalue weighted by molar-refractivity contribution is 6.33. The van der Waals surface area contributed by atoms with E-state index in [0.29, 0.717) is 22.2 Å². The lowest BCUT2D eigenvalue weighted by molar-refractivity contribution is -0.116. The van der Waals surface area contributed by atoms with Crippen molar-refractivity contribution >= 4 is 23.2 Å². The highest BCUT2D eigenvalue weighted by atomic mass is 35.5. The summed E-state index contributed by atoms with van der Waals surface area (Å²) in [5.74, 6) is 1.20. The number of carbonyl (C=O) groups is 1. The first-order valence-corrected chi connectivity index (χ1v) is 8.22. The molecule has 1 heterocycles. The normalized spacial score (nSPS) is 10.4. The van der Waals surface area contributed by atoms with Gasteiger partial charge in [-0.15, -0.1) is 5.10 Å². The molecule has 1 N–H and O–H groups in total. The molecule has 8 heteroatoms. The average molecular weight is 373 g/mol. The third-order valence-corrected chi connectivity index (χ3v) is 3.82. The Morgan fingerprint density at radius 2 is 1.88 bits per heavy atom. The molecule has 1 amide bonds. The molecule has 0 unspecified atom stereocenters. The average Bonchev–Trinajstić information content (AvgIpc) is 3.09. The van der Waals surface area contributed by atoms with Crippen molar-refractivity contribution in [3.8, 4) is 11.5 Å². The lowest BCUT2D eigenvalue weighted by atomic mass is 10.3.